The lowest BCUT2D eigenvalue weighted by molar-refractivity contribution is -0.144. The molecule has 0 fully saturated rings. The number of ether oxygens (including phenoxy) is 1. The molecule has 0 radical (unpaired) electrons. The van der Waals surface area contributed by atoms with Crippen LogP contribution in [0.4, 0.5) is 0 Å². The van der Waals surface area contributed by atoms with Gasteiger partial charge in [-0.15, -0.1) is 12.4 Å². The summed E-state index contributed by atoms with van der Waals surface area (Å²) in [5.74, 6) is -0.604. The van der Waals surface area contributed by atoms with Crippen molar-refractivity contribution in [3.63, 3.8) is 0 Å². The van der Waals surface area contributed by atoms with E-state index in [2.05, 4.69) is 17.0 Å². The Morgan fingerprint density at radius 3 is 1.79 bits per heavy atom. The highest BCUT2D eigenvalue weighted by Gasteiger charge is 2.24. The van der Waals surface area contributed by atoms with Crippen LogP contribution in [0.1, 0.15) is 22.6 Å². The highest BCUT2D eigenvalue weighted by Crippen LogP contribution is 2.25. The van der Waals surface area contributed by atoms with E-state index in [1.165, 1.54) is 5.56 Å². The van der Waals surface area contributed by atoms with E-state index in [1.807, 2.05) is 85.9 Å². The Labute approximate surface area is 173 Å². The van der Waals surface area contributed by atoms with Gasteiger partial charge in [-0.25, -0.2) is 0 Å². The molecule has 0 aromatic heterocycles. The summed E-state index contributed by atoms with van der Waals surface area (Å²) in [4.78, 5) is 15.0. The van der Waals surface area contributed by atoms with Crippen LogP contribution in [0.2, 0.25) is 0 Å². The van der Waals surface area contributed by atoms with E-state index in [1.54, 1.807) is 0 Å². The zero-order chi connectivity index (χ0) is 18.9. The molecule has 0 heterocycles. The van der Waals surface area contributed by atoms with Crippen molar-refractivity contribution in [1.82, 2.24) is 4.90 Å². The van der Waals surface area contributed by atoms with Gasteiger partial charge in [0, 0.05) is 13.1 Å². The van der Waals surface area contributed by atoms with Crippen molar-refractivity contribution >= 4 is 18.4 Å². The number of hydrogen-bond donors (Lipinski definition) is 0. The summed E-state index contributed by atoms with van der Waals surface area (Å²) in [6.07, 6.45) is 0. The third kappa shape index (κ3) is 6.22. The van der Waals surface area contributed by atoms with Gasteiger partial charge in [0.25, 0.3) is 0 Å². The summed E-state index contributed by atoms with van der Waals surface area (Å²) in [5, 5.41) is 0. The fourth-order valence-electron chi connectivity index (χ4n) is 3.12. The Morgan fingerprint density at radius 2 is 1.29 bits per heavy atom. The van der Waals surface area contributed by atoms with Crippen molar-refractivity contribution in [2.45, 2.75) is 12.5 Å². The van der Waals surface area contributed by atoms with Gasteiger partial charge in [-0.1, -0.05) is 91.0 Å². The van der Waals surface area contributed by atoms with Gasteiger partial charge < -0.3 is 4.74 Å². The average Bonchev–Trinajstić information content (AvgIpc) is 2.70. The first-order valence-electron chi connectivity index (χ1n) is 9.23. The standard InChI is InChI=1S/C24H25NO2.ClH/c1-25(19-20-11-5-2-6-12-20)17-18-27-24(26)23(21-13-7-3-8-14-21)22-15-9-4-10-16-22;/h2-16,23H,17-19H2,1H3;1H. The molecule has 0 saturated carbocycles. The van der Waals surface area contributed by atoms with Crippen LogP contribution in [-0.4, -0.2) is 31.1 Å². The molecule has 0 aliphatic rings. The fraction of sp³-hybridized carbons (Fsp3) is 0.208. The van der Waals surface area contributed by atoms with Crippen molar-refractivity contribution in [3.8, 4) is 0 Å². The molecule has 0 aliphatic carbocycles. The van der Waals surface area contributed by atoms with Crippen LogP contribution < -0.4 is 0 Å². The largest absolute Gasteiger partial charge is 0.464 e. The molecule has 146 valence electrons. The molecule has 0 amide bonds. The monoisotopic (exact) mass is 395 g/mol. The number of likely N-dealkylation sites (N-methyl/N-ethyl adjacent to an activating group) is 1. The van der Waals surface area contributed by atoms with Gasteiger partial charge in [-0.2, -0.15) is 0 Å². The Morgan fingerprint density at radius 1 is 0.821 bits per heavy atom. The number of esters is 1. The summed E-state index contributed by atoms with van der Waals surface area (Å²) in [5.41, 5.74) is 3.15. The number of benzene rings is 3. The summed E-state index contributed by atoms with van der Waals surface area (Å²) < 4.78 is 5.64. The van der Waals surface area contributed by atoms with Crippen LogP contribution in [0.3, 0.4) is 0 Å². The highest BCUT2D eigenvalue weighted by atomic mass is 35.5. The normalized spacial score (nSPS) is 10.5. The molecule has 3 aromatic carbocycles. The molecule has 3 nitrogen and oxygen atoms in total. The number of hydrogen-bond acceptors (Lipinski definition) is 3. The number of halogens is 1. The predicted molar refractivity (Wildman–Crippen MR) is 116 cm³/mol. The third-order valence-corrected chi connectivity index (χ3v) is 4.51. The predicted octanol–water partition coefficient (Wildman–Crippen LogP) is 4.92. The highest BCUT2D eigenvalue weighted by molar-refractivity contribution is 5.85. The Balaban J connectivity index is 0.00000280. The molecule has 0 spiro atoms. The van der Waals surface area contributed by atoms with E-state index >= 15 is 0 Å². The van der Waals surface area contributed by atoms with E-state index in [4.69, 9.17) is 4.74 Å². The first-order valence-corrected chi connectivity index (χ1v) is 9.23. The average molecular weight is 396 g/mol. The smallest absolute Gasteiger partial charge is 0.317 e. The number of rotatable bonds is 8. The second-order valence-corrected chi connectivity index (χ2v) is 6.65. The fourth-order valence-corrected chi connectivity index (χ4v) is 3.12. The van der Waals surface area contributed by atoms with E-state index in [0.717, 1.165) is 17.7 Å². The Hall–Kier alpha value is -2.62. The van der Waals surface area contributed by atoms with E-state index < -0.39 is 5.92 Å². The van der Waals surface area contributed by atoms with Gasteiger partial charge in [0.15, 0.2) is 0 Å². The second kappa shape index (κ2) is 11.3. The number of carbonyl (C=O) groups excluding carboxylic acids is 1. The Bertz CT molecular complexity index is 785. The van der Waals surface area contributed by atoms with Crippen molar-refractivity contribution in [1.29, 1.82) is 0 Å². The lowest BCUT2D eigenvalue weighted by Gasteiger charge is -2.20. The lowest BCUT2D eigenvalue weighted by Crippen LogP contribution is -2.26. The van der Waals surface area contributed by atoms with Crippen molar-refractivity contribution in [2.75, 3.05) is 20.2 Å². The maximum absolute atomic E-state index is 12.8. The second-order valence-electron chi connectivity index (χ2n) is 6.65. The van der Waals surface area contributed by atoms with Crippen molar-refractivity contribution in [2.24, 2.45) is 0 Å². The summed E-state index contributed by atoms with van der Waals surface area (Å²) in [6, 6.07) is 29.9. The van der Waals surface area contributed by atoms with Gasteiger partial charge in [0.1, 0.15) is 12.5 Å². The minimum Gasteiger partial charge on any atom is -0.464 e. The van der Waals surface area contributed by atoms with Crippen LogP contribution in [0.25, 0.3) is 0 Å². The first kappa shape index (κ1) is 21.7. The van der Waals surface area contributed by atoms with E-state index in [0.29, 0.717) is 13.2 Å². The van der Waals surface area contributed by atoms with Crippen LogP contribution in [-0.2, 0) is 16.1 Å². The molecule has 0 aliphatic heterocycles. The van der Waals surface area contributed by atoms with Crippen LogP contribution >= 0.6 is 12.4 Å². The molecular formula is C24H26ClNO2. The van der Waals surface area contributed by atoms with Crippen LogP contribution in [0.5, 0.6) is 0 Å². The maximum atomic E-state index is 12.8. The lowest BCUT2D eigenvalue weighted by atomic mass is 9.91. The third-order valence-electron chi connectivity index (χ3n) is 4.51. The van der Waals surface area contributed by atoms with Gasteiger partial charge >= 0.3 is 5.97 Å². The summed E-state index contributed by atoms with van der Waals surface area (Å²) in [6.45, 7) is 1.90. The molecular weight excluding hydrogens is 370 g/mol. The molecule has 3 rings (SSSR count). The van der Waals surface area contributed by atoms with E-state index in [-0.39, 0.29) is 18.4 Å². The molecule has 4 heteroatoms. The zero-order valence-electron chi connectivity index (χ0n) is 16.0. The minimum atomic E-state index is -0.396. The molecule has 0 atom stereocenters. The first-order chi connectivity index (χ1) is 13.2. The van der Waals surface area contributed by atoms with Gasteiger partial charge in [-0.3, -0.25) is 9.69 Å². The Kier molecular flexibility index (Phi) is 8.73. The van der Waals surface area contributed by atoms with Crippen LogP contribution in [0, 0.1) is 0 Å². The SMILES string of the molecule is CN(CCOC(=O)C(c1ccccc1)c1ccccc1)Cc1ccccc1.Cl. The minimum absolute atomic E-state index is 0. The topological polar surface area (TPSA) is 29.5 Å². The molecule has 0 unspecified atom stereocenters. The van der Waals surface area contributed by atoms with Crippen molar-refractivity contribution < 1.29 is 9.53 Å². The van der Waals surface area contributed by atoms with Gasteiger partial charge in [0.2, 0.25) is 0 Å². The quantitative estimate of drug-likeness (QED) is 0.507. The number of carbonyl (C=O) groups is 1. The molecule has 0 bridgehead atoms. The van der Waals surface area contributed by atoms with E-state index in [9.17, 15) is 4.79 Å². The van der Waals surface area contributed by atoms with Crippen LogP contribution in [0.15, 0.2) is 91.0 Å². The molecule has 0 saturated heterocycles. The van der Waals surface area contributed by atoms with Gasteiger partial charge in [0.05, 0.1) is 0 Å². The number of nitrogens with zero attached hydrogens (tertiary/aromatic N) is 1. The summed E-state index contributed by atoms with van der Waals surface area (Å²) in [7, 11) is 2.03. The molecule has 28 heavy (non-hydrogen) atoms. The molecule has 0 N–H and O–H groups in total. The van der Waals surface area contributed by atoms with Gasteiger partial charge in [-0.05, 0) is 23.7 Å². The van der Waals surface area contributed by atoms with Crippen molar-refractivity contribution in [3.05, 3.63) is 108 Å². The maximum Gasteiger partial charge on any atom is 0.317 e. The zero-order valence-corrected chi connectivity index (χ0v) is 16.8. The molecule has 3 aromatic rings. The summed E-state index contributed by atoms with van der Waals surface area (Å²) >= 11 is 0.